The van der Waals surface area contributed by atoms with Crippen LogP contribution < -0.4 is 10.2 Å². The van der Waals surface area contributed by atoms with Crippen molar-refractivity contribution in [1.29, 1.82) is 0 Å². The summed E-state index contributed by atoms with van der Waals surface area (Å²) in [6.07, 6.45) is 7.43. The van der Waals surface area contributed by atoms with Crippen LogP contribution in [0, 0.1) is 0 Å². The number of rotatable bonds is 5. The molecule has 2 rings (SSSR count). The molecule has 1 N–H and O–H groups in total. The Morgan fingerprint density at radius 2 is 1.91 bits per heavy atom. The molecule has 0 bridgehead atoms. The second-order valence-corrected chi connectivity index (χ2v) is 7.07. The lowest BCUT2D eigenvalue weighted by Gasteiger charge is -2.22. The largest absolute Gasteiger partial charge is 0.353 e. The molecule has 1 aliphatic carbocycles. The van der Waals surface area contributed by atoms with Crippen molar-refractivity contribution in [3.8, 4) is 0 Å². The van der Waals surface area contributed by atoms with Crippen molar-refractivity contribution in [3.05, 3.63) is 28.7 Å². The summed E-state index contributed by atoms with van der Waals surface area (Å²) >= 11 is 3.42. The van der Waals surface area contributed by atoms with E-state index < -0.39 is 0 Å². The quantitative estimate of drug-likeness (QED) is 0.783. The minimum Gasteiger partial charge on any atom is -0.353 e. The molecule has 1 aromatic carbocycles. The topological polar surface area (TPSA) is 49.4 Å². The molecule has 1 fully saturated rings. The highest BCUT2D eigenvalue weighted by Gasteiger charge is 2.17. The first-order chi connectivity index (χ1) is 11.1. The Balaban J connectivity index is 1.88. The monoisotopic (exact) mass is 380 g/mol. The second kappa shape index (κ2) is 9.06. The van der Waals surface area contributed by atoms with Crippen LogP contribution in [0.2, 0.25) is 0 Å². The van der Waals surface area contributed by atoms with E-state index in [0.29, 0.717) is 19.0 Å². The van der Waals surface area contributed by atoms with Gasteiger partial charge in [-0.1, -0.05) is 47.7 Å². The predicted molar refractivity (Wildman–Crippen MR) is 96.4 cm³/mol. The van der Waals surface area contributed by atoms with Gasteiger partial charge in [0.2, 0.25) is 11.8 Å². The number of carbonyl (C=O) groups is 2. The zero-order chi connectivity index (χ0) is 16.7. The van der Waals surface area contributed by atoms with Crippen molar-refractivity contribution < 1.29 is 9.59 Å². The van der Waals surface area contributed by atoms with Gasteiger partial charge in [0, 0.05) is 36.1 Å². The van der Waals surface area contributed by atoms with Crippen molar-refractivity contribution >= 4 is 33.4 Å². The number of carbonyl (C=O) groups excluding carboxylic acids is 2. The van der Waals surface area contributed by atoms with Gasteiger partial charge in [-0.15, -0.1) is 0 Å². The molecule has 1 aliphatic rings. The van der Waals surface area contributed by atoms with Crippen molar-refractivity contribution in [2.24, 2.45) is 0 Å². The van der Waals surface area contributed by atoms with E-state index in [0.717, 1.165) is 23.0 Å². The molecule has 0 saturated heterocycles. The summed E-state index contributed by atoms with van der Waals surface area (Å²) in [6.45, 7) is 1.94. The van der Waals surface area contributed by atoms with E-state index in [4.69, 9.17) is 0 Å². The molecule has 0 atom stereocenters. The van der Waals surface area contributed by atoms with Crippen LogP contribution >= 0.6 is 15.9 Å². The van der Waals surface area contributed by atoms with E-state index in [9.17, 15) is 9.59 Å². The van der Waals surface area contributed by atoms with E-state index in [1.54, 1.807) is 4.90 Å². The second-order valence-electron chi connectivity index (χ2n) is 6.16. The molecule has 1 aromatic rings. The highest BCUT2D eigenvalue weighted by atomic mass is 79.9. The van der Waals surface area contributed by atoms with Gasteiger partial charge >= 0.3 is 0 Å². The summed E-state index contributed by atoms with van der Waals surface area (Å²) in [7, 11) is 0. The number of amides is 2. The average Bonchev–Trinajstić information content (AvgIpc) is 2.76. The number of benzene rings is 1. The van der Waals surface area contributed by atoms with Crippen molar-refractivity contribution in [3.63, 3.8) is 0 Å². The standard InChI is InChI=1S/C18H25BrN2O2/c1-14(22)21(17-10-6-7-15(19)13-17)12-11-18(23)20-16-8-4-2-3-5-9-16/h6-7,10,13,16H,2-5,8-9,11-12H2,1H3,(H,20,23). The summed E-state index contributed by atoms with van der Waals surface area (Å²) in [5.74, 6) is -0.0106. The Kier molecular flexibility index (Phi) is 7.09. The molecule has 0 aliphatic heterocycles. The number of hydrogen-bond donors (Lipinski definition) is 1. The van der Waals surface area contributed by atoms with Crippen LogP contribution in [-0.2, 0) is 9.59 Å². The zero-order valence-corrected chi connectivity index (χ0v) is 15.3. The molecule has 0 unspecified atom stereocenters. The Hall–Kier alpha value is -1.36. The summed E-state index contributed by atoms with van der Waals surface area (Å²) < 4.78 is 0.921. The van der Waals surface area contributed by atoms with Crippen LogP contribution in [-0.4, -0.2) is 24.4 Å². The molecule has 1 saturated carbocycles. The maximum absolute atomic E-state index is 12.2. The molecule has 23 heavy (non-hydrogen) atoms. The van der Waals surface area contributed by atoms with Crippen LogP contribution in [0.3, 0.4) is 0 Å². The average molecular weight is 381 g/mol. The molecule has 5 heteroatoms. The number of hydrogen-bond acceptors (Lipinski definition) is 2. The zero-order valence-electron chi connectivity index (χ0n) is 13.7. The fourth-order valence-corrected chi connectivity index (χ4v) is 3.44. The van der Waals surface area contributed by atoms with Gasteiger partial charge in [0.05, 0.1) is 0 Å². The van der Waals surface area contributed by atoms with Gasteiger partial charge in [-0.25, -0.2) is 0 Å². The first kappa shape index (κ1) is 18.0. The van der Waals surface area contributed by atoms with Gasteiger partial charge in [0.1, 0.15) is 0 Å². The Morgan fingerprint density at radius 1 is 1.22 bits per heavy atom. The Morgan fingerprint density at radius 3 is 2.52 bits per heavy atom. The fourth-order valence-electron chi connectivity index (χ4n) is 3.05. The Bertz CT molecular complexity index is 540. The third-order valence-corrected chi connectivity index (χ3v) is 4.78. The summed E-state index contributed by atoms with van der Waals surface area (Å²) in [5.41, 5.74) is 0.814. The van der Waals surface area contributed by atoms with E-state index in [1.165, 1.54) is 32.6 Å². The molecule has 0 heterocycles. The number of nitrogens with one attached hydrogen (secondary N) is 1. The van der Waals surface area contributed by atoms with Crippen LogP contribution in [0.15, 0.2) is 28.7 Å². The lowest BCUT2D eigenvalue weighted by molar-refractivity contribution is -0.121. The third kappa shape index (κ3) is 5.98. The molecule has 0 radical (unpaired) electrons. The first-order valence-corrected chi connectivity index (χ1v) is 9.18. The highest BCUT2D eigenvalue weighted by Crippen LogP contribution is 2.21. The van der Waals surface area contributed by atoms with E-state index in [-0.39, 0.29) is 11.8 Å². The molecule has 4 nitrogen and oxygen atoms in total. The van der Waals surface area contributed by atoms with Gasteiger partial charge in [-0.3, -0.25) is 9.59 Å². The smallest absolute Gasteiger partial charge is 0.223 e. The third-order valence-electron chi connectivity index (χ3n) is 4.28. The molecular weight excluding hydrogens is 356 g/mol. The summed E-state index contributed by atoms with van der Waals surface area (Å²) in [6, 6.07) is 7.89. The molecule has 0 spiro atoms. The van der Waals surface area contributed by atoms with Crippen molar-refractivity contribution in [1.82, 2.24) is 5.32 Å². The van der Waals surface area contributed by atoms with Crippen LogP contribution in [0.5, 0.6) is 0 Å². The number of nitrogens with zero attached hydrogens (tertiary/aromatic N) is 1. The summed E-state index contributed by atoms with van der Waals surface area (Å²) in [5, 5.41) is 3.13. The highest BCUT2D eigenvalue weighted by molar-refractivity contribution is 9.10. The Labute approximate surface area is 146 Å². The van der Waals surface area contributed by atoms with Crippen LogP contribution in [0.4, 0.5) is 5.69 Å². The van der Waals surface area contributed by atoms with Crippen LogP contribution in [0.1, 0.15) is 51.9 Å². The summed E-state index contributed by atoms with van der Waals surface area (Å²) in [4.78, 5) is 25.7. The van der Waals surface area contributed by atoms with E-state index >= 15 is 0 Å². The van der Waals surface area contributed by atoms with Gasteiger partial charge < -0.3 is 10.2 Å². The lowest BCUT2D eigenvalue weighted by atomic mass is 10.1. The molecular formula is C18H25BrN2O2. The van der Waals surface area contributed by atoms with Gasteiger partial charge in [-0.2, -0.15) is 0 Å². The predicted octanol–water partition coefficient (Wildman–Crippen LogP) is 4.03. The minimum absolute atomic E-state index is 0.0400. The lowest BCUT2D eigenvalue weighted by Crippen LogP contribution is -2.38. The molecule has 126 valence electrons. The number of halogens is 1. The maximum Gasteiger partial charge on any atom is 0.223 e. The van der Waals surface area contributed by atoms with Gasteiger partial charge in [-0.05, 0) is 31.0 Å². The van der Waals surface area contributed by atoms with Crippen LogP contribution in [0.25, 0.3) is 0 Å². The minimum atomic E-state index is -0.0506. The van der Waals surface area contributed by atoms with Crippen molar-refractivity contribution in [2.75, 3.05) is 11.4 Å². The first-order valence-electron chi connectivity index (χ1n) is 8.39. The maximum atomic E-state index is 12.2. The van der Waals surface area contributed by atoms with Gasteiger partial charge in [0.15, 0.2) is 0 Å². The SMILES string of the molecule is CC(=O)N(CCC(=O)NC1CCCCCC1)c1cccc(Br)c1. The normalized spacial score (nSPS) is 15.7. The fraction of sp³-hybridized carbons (Fsp3) is 0.556. The molecule has 2 amide bonds. The number of anilines is 1. The molecule has 0 aromatic heterocycles. The van der Waals surface area contributed by atoms with E-state index in [1.807, 2.05) is 24.3 Å². The van der Waals surface area contributed by atoms with Gasteiger partial charge in [0.25, 0.3) is 0 Å². The van der Waals surface area contributed by atoms with E-state index in [2.05, 4.69) is 21.2 Å². The van der Waals surface area contributed by atoms with Crippen molar-refractivity contribution in [2.45, 2.75) is 57.9 Å².